The van der Waals surface area contributed by atoms with Crippen LogP contribution in [0.4, 0.5) is 0 Å². The highest BCUT2D eigenvalue weighted by Gasteiger charge is 2.13. The second-order valence-corrected chi connectivity index (χ2v) is 5.02. The van der Waals surface area contributed by atoms with E-state index in [-0.39, 0.29) is 0 Å². The molecule has 0 bridgehead atoms. The third-order valence-electron chi connectivity index (χ3n) is 3.61. The van der Waals surface area contributed by atoms with Gasteiger partial charge in [-0.2, -0.15) is 0 Å². The number of likely N-dealkylation sites (N-methyl/N-ethyl adjacent to an activating group) is 1. The molecule has 0 saturated carbocycles. The van der Waals surface area contributed by atoms with Crippen LogP contribution in [0.25, 0.3) is 0 Å². The number of hydrogen-bond donors (Lipinski definition) is 1. The second kappa shape index (κ2) is 7.11. The Hall–Kier alpha value is -1.80. The zero-order chi connectivity index (χ0) is 14.4. The fraction of sp³-hybridized carbons (Fsp3) is 0.333. The van der Waals surface area contributed by atoms with E-state index in [1.54, 1.807) is 7.11 Å². The maximum absolute atomic E-state index is 5.21. The van der Waals surface area contributed by atoms with Gasteiger partial charge in [-0.25, -0.2) is 0 Å². The van der Waals surface area contributed by atoms with Gasteiger partial charge in [-0.3, -0.25) is 0 Å². The summed E-state index contributed by atoms with van der Waals surface area (Å²) in [4.78, 5) is 0. The van der Waals surface area contributed by atoms with Gasteiger partial charge in [-0.1, -0.05) is 43.3 Å². The average molecular weight is 269 g/mol. The zero-order valence-corrected chi connectivity index (χ0v) is 12.5. The largest absolute Gasteiger partial charge is 0.497 e. The Kier molecular flexibility index (Phi) is 5.19. The summed E-state index contributed by atoms with van der Waals surface area (Å²) < 4.78 is 5.21. The third-order valence-corrected chi connectivity index (χ3v) is 3.61. The molecular formula is C18H23NO. The fourth-order valence-electron chi connectivity index (χ4n) is 2.51. The van der Waals surface area contributed by atoms with Crippen molar-refractivity contribution in [2.45, 2.75) is 26.3 Å². The van der Waals surface area contributed by atoms with Crippen molar-refractivity contribution in [1.82, 2.24) is 5.32 Å². The Morgan fingerprint density at radius 3 is 2.35 bits per heavy atom. The van der Waals surface area contributed by atoms with E-state index in [2.05, 4.69) is 55.6 Å². The highest BCUT2D eigenvalue weighted by Crippen LogP contribution is 2.22. The summed E-state index contributed by atoms with van der Waals surface area (Å²) in [5, 5.41) is 3.59. The molecule has 0 amide bonds. The van der Waals surface area contributed by atoms with Crippen molar-refractivity contribution in [3.8, 4) is 5.75 Å². The van der Waals surface area contributed by atoms with Crippen molar-refractivity contribution in [2.24, 2.45) is 0 Å². The SMILES string of the molecule is CCNC(Cc1ccc(OC)cc1)c1ccccc1C. The van der Waals surface area contributed by atoms with E-state index in [9.17, 15) is 0 Å². The Labute approximate surface area is 121 Å². The molecule has 0 aliphatic carbocycles. The van der Waals surface area contributed by atoms with Crippen molar-refractivity contribution in [1.29, 1.82) is 0 Å². The Morgan fingerprint density at radius 1 is 1.05 bits per heavy atom. The molecule has 0 aromatic heterocycles. The van der Waals surface area contributed by atoms with Crippen LogP contribution < -0.4 is 10.1 Å². The normalized spacial score (nSPS) is 12.2. The molecule has 1 unspecified atom stereocenters. The molecule has 1 N–H and O–H groups in total. The first-order valence-electron chi connectivity index (χ1n) is 7.16. The molecule has 0 spiro atoms. The summed E-state index contributed by atoms with van der Waals surface area (Å²) in [5.74, 6) is 0.907. The van der Waals surface area contributed by atoms with E-state index in [4.69, 9.17) is 4.74 Å². The van der Waals surface area contributed by atoms with E-state index < -0.39 is 0 Å². The molecule has 2 rings (SSSR count). The second-order valence-electron chi connectivity index (χ2n) is 5.02. The van der Waals surface area contributed by atoms with Gasteiger partial charge in [0.2, 0.25) is 0 Å². The monoisotopic (exact) mass is 269 g/mol. The Morgan fingerprint density at radius 2 is 1.75 bits per heavy atom. The van der Waals surface area contributed by atoms with E-state index >= 15 is 0 Å². The molecular weight excluding hydrogens is 246 g/mol. The van der Waals surface area contributed by atoms with Crippen molar-refractivity contribution in [3.05, 3.63) is 65.2 Å². The maximum atomic E-state index is 5.21. The predicted octanol–water partition coefficient (Wildman–Crippen LogP) is 3.90. The van der Waals surface area contributed by atoms with Crippen LogP contribution in [0, 0.1) is 6.92 Å². The van der Waals surface area contributed by atoms with Gasteiger partial charge in [0.05, 0.1) is 7.11 Å². The summed E-state index contributed by atoms with van der Waals surface area (Å²) in [6, 6.07) is 17.3. The molecule has 0 saturated heterocycles. The van der Waals surface area contributed by atoms with Gasteiger partial charge in [-0.05, 0) is 48.7 Å². The van der Waals surface area contributed by atoms with Crippen LogP contribution in [0.1, 0.15) is 29.7 Å². The van der Waals surface area contributed by atoms with E-state index in [0.29, 0.717) is 6.04 Å². The fourth-order valence-corrected chi connectivity index (χ4v) is 2.51. The van der Waals surface area contributed by atoms with Crippen molar-refractivity contribution in [2.75, 3.05) is 13.7 Å². The number of ether oxygens (including phenoxy) is 1. The van der Waals surface area contributed by atoms with Crippen molar-refractivity contribution < 1.29 is 4.74 Å². The van der Waals surface area contributed by atoms with E-state index in [0.717, 1.165) is 18.7 Å². The van der Waals surface area contributed by atoms with Gasteiger partial charge >= 0.3 is 0 Å². The van der Waals surface area contributed by atoms with E-state index in [1.807, 2.05) is 12.1 Å². The number of aryl methyl sites for hydroxylation is 1. The molecule has 0 fully saturated rings. The van der Waals surface area contributed by atoms with Crippen LogP contribution in [0.5, 0.6) is 5.75 Å². The number of hydrogen-bond acceptors (Lipinski definition) is 2. The van der Waals surface area contributed by atoms with Gasteiger partial charge < -0.3 is 10.1 Å². The molecule has 2 heteroatoms. The number of rotatable bonds is 6. The van der Waals surface area contributed by atoms with Crippen molar-refractivity contribution >= 4 is 0 Å². The van der Waals surface area contributed by atoms with Crippen LogP contribution in [-0.2, 0) is 6.42 Å². The average Bonchev–Trinajstić information content (AvgIpc) is 2.48. The summed E-state index contributed by atoms with van der Waals surface area (Å²) in [5.41, 5.74) is 4.04. The van der Waals surface area contributed by atoms with Gasteiger partial charge in [0.25, 0.3) is 0 Å². The number of nitrogens with one attached hydrogen (secondary N) is 1. The van der Waals surface area contributed by atoms with Crippen LogP contribution in [0.15, 0.2) is 48.5 Å². The predicted molar refractivity (Wildman–Crippen MR) is 84.3 cm³/mol. The van der Waals surface area contributed by atoms with Gasteiger partial charge in [0, 0.05) is 6.04 Å². The minimum absolute atomic E-state index is 0.356. The lowest BCUT2D eigenvalue weighted by molar-refractivity contribution is 0.414. The van der Waals surface area contributed by atoms with Crippen molar-refractivity contribution in [3.63, 3.8) is 0 Å². The minimum atomic E-state index is 0.356. The minimum Gasteiger partial charge on any atom is -0.497 e. The first kappa shape index (κ1) is 14.6. The Balaban J connectivity index is 2.18. The highest BCUT2D eigenvalue weighted by atomic mass is 16.5. The molecule has 2 aromatic rings. The summed E-state index contributed by atoms with van der Waals surface area (Å²) >= 11 is 0. The lowest BCUT2D eigenvalue weighted by atomic mass is 9.95. The highest BCUT2D eigenvalue weighted by molar-refractivity contribution is 5.32. The Bertz CT molecular complexity index is 533. The van der Waals surface area contributed by atoms with Gasteiger partial charge in [-0.15, -0.1) is 0 Å². The summed E-state index contributed by atoms with van der Waals surface area (Å²) in [7, 11) is 1.70. The smallest absolute Gasteiger partial charge is 0.118 e. The molecule has 0 radical (unpaired) electrons. The van der Waals surface area contributed by atoms with Crippen LogP contribution in [0.3, 0.4) is 0 Å². The standard InChI is InChI=1S/C18H23NO/c1-4-19-18(17-8-6-5-7-14(17)2)13-15-9-11-16(20-3)12-10-15/h5-12,18-19H,4,13H2,1-3H3. The first-order chi connectivity index (χ1) is 9.74. The molecule has 2 nitrogen and oxygen atoms in total. The zero-order valence-electron chi connectivity index (χ0n) is 12.5. The molecule has 1 atom stereocenters. The number of benzene rings is 2. The van der Waals surface area contributed by atoms with Gasteiger partial charge in [0.15, 0.2) is 0 Å². The van der Waals surface area contributed by atoms with Crippen LogP contribution in [-0.4, -0.2) is 13.7 Å². The molecule has 2 aromatic carbocycles. The number of methoxy groups -OCH3 is 1. The quantitative estimate of drug-likeness (QED) is 0.859. The molecule has 20 heavy (non-hydrogen) atoms. The van der Waals surface area contributed by atoms with Crippen LogP contribution >= 0.6 is 0 Å². The summed E-state index contributed by atoms with van der Waals surface area (Å²) in [6.45, 7) is 5.29. The lowest BCUT2D eigenvalue weighted by Crippen LogP contribution is -2.23. The topological polar surface area (TPSA) is 21.3 Å². The van der Waals surface area contributed by atoms with Crippen LogP contribution in [0.2, 0.25) is 0 Å². The maximum Gasteiger partial charge on any atom is 0.118 e. The molecule has 0 aliphatic rings. The molecule has 0 aliphatic heterocycles. The molecule has 0 heterocycles. The van der Waals surface area contributed by atoms with Gasteiger partial charge in [0.1, 0.15) is 5.75 Å². The first-order valence-corrected chi connectivity index (χ1v) is 7.16. The molecule has 106 valence electrons. The summed E-state index contributed by atoms with van der Waals surface area (Å²) in [6.07, 6.45) is 0.989. The lowest BCUT2D eigenvalue weighted by Gasteiger charge is -2.20. The van der Waals surface area contributed by atoms with E-state index in [1.165, 1.54) is 16.7 Å². The third kappa shape index (κ3) is 3.61.